The van der Waals surface area contributed by atoms with Gasteiger partial charge in [-0.15, -0.1) is 10.2 Å². The summed E-state index contributed by atoms with van der Waals surface area (Å²) in [5, 5.41) is 27.2. The van der Waals surface area contributed by atoms with E-state index in [1.807, 2.05) is 24.8 Å². The quantitative estimate of drug-likeness (QED) is 0.633. The second kappa shape index (κ2) is 6.84. The molecule has 3 aromatic rings. The zero-order valence-electron chi connectivity index (χ0n) is 18.9. The van der Waals surface area contributed by atoms with Crippen LogP contribution in [0.5, 0.6) is 5.75 Å². The molecule has 0 aliphatic carbocycles. The number of aromatic hydroxyl groups is 1. The summed E-state index contributed by atoms with van der Waals surface area (Å²) in [6.07, 6.45) is 1.94. The van der Waals surface area contributed by atoms with Crippen LogP contribution in [0.4, 0.5) is 14.6 Å². The molecule has 0 saturated carbocycles. The van der Waals surface area contributed by atoms with Crippen molar-refractivity contribution >= 4 is 16.7 Å². The molecule has 170 valence electrons. The first-order chi connectivity index (χ1) is 15.0. The van der Waals surface area contributed by atoms with Crippen LogP contribution in [-0.2, 0) is 13.5 Å². The molecule has 0 unspecified atom stereocenters. The Labute approximate surface area is 185 Å². The maximum Gasteiger partial charge on any atom is 0.193 e. The van der Waals surface area contributed by atoms with Crippen LogP contribution >= 0.6 is 0 Å². The van der Waals surface area contributed by atoms with E-state index >= 15 is 4.39 Å². The van der Waals surface area contributed by atoms with Crippen LogP contribution in [0.3, 0.4) is 0 Å². The van der Waals surface area contributed by atoms with Crippen LogP contribution in [0.25, 0.3) is 22.2 Å². The summed E-state index contributed by atoms with van der Waals surface area (Å²) in [6.45, 7) is 8.61. The van der Waals surface area contributed by atoms with Crippen molar-refractivity contribution < 1.29 is 13.9 Å². The molecule has 2 aliphatic heterocycles. The Balaban J connectivity index is 1.52. The minimum Gasteiger partial charge on any atom is -0.504 e. The second-order valence-electron chi connectivity index (χ2n) is 10.3. The zero-order chi connectivity index (χ0) is 23.0. The Morgan fingerprint density at radius 3 is 2.69 bits per heavy atom. The molecule has 1 fully saturated rings. The monoisotopic (exact) mass is 442 g/mol. The molecule has 4 heterocycles. The van der Waals surface area contributed by atoms with Gasteiger partial charge in [0.25, 0.3) is 0 Å². The van der Waals surface area contributed by atoms with Crippen molar-refractivity contribution in [1.29, 1.82) is 0 Å². The van der Waals surface area contributed by atoms with Gasteiger partial charge in [0, 0.05) is 47.4 Å². The van der Waals surface area contributed by atoms with Crippen molar-refractivity contribution in [2.24, 2.45) is 7.05 Å². The van der Waals surface area contributed by atoms with Crippen molar-refractivity contribution in [1.82, 2.24) is 25.3 Å². The number of aryl methyl sites for hydroxylation is 1. The number of benzene rings is 1. The number of anilines is 1. The van der Waals surface area contributed by atoms with Crippen LogP contribution in [0, 0.1) is 5.82 Å². The number of phenols is 1. The Bertz CT molecular complexity index is 1220. The van der Waals surface area contributed by atoms with Crippen molar-refractivity contribution in [2.45, 2.75) is 63.8 Å². The van der Waals surface area contributed by atoms with E-state index in [1.165, 1.54) is 4.68 Å². The van der Waals surface area contributed by atoms with Gasteiger partial charge in [0.2, 0.25) is 0 Å². The number of nitrogens with one attached hydrogen (secondary N) is 1. The van der Waals surface area contributed by atoms with Gasteiger partial charge in [-0.2, -0.15) is 5.10 Å². The average molecular weight is 443 g/mol. The molecule has 2 aliphatic rings. The predicted molar refractivity (Wildman–Crippen MR) is 119 cm³/mol. The first-order valence-corrected chi connectivity index (χ1v) is 10.9. The Hall–Kier alpha value is -2.81. The van der Waals surface area contributed by atoms with E-state index in [2.05, 4.69) is 34.5 Å². The number of hydrogen-bond acceptors (Lipinski definition) is 6. The van der Waals surface area contributed by atoms with E-state index in [-0.39, 0.29) is 22.7 Å². The molecule has 32 heavy (non-hydrogen) atoms. The van der Waals surface area contributed by atoms with Gasteiger partial charge < -0.3 is 15.3 Å². The Morgan fingerprint density at radius 2 is 1.94 bits per heavy atom. The van der Waals surface area contributed by atoms with Crippen LogP contribution in [0.15, 0.2) is 18.3 Å². The summed E-state index contributed by atoms with van der Waals surface area (Å²) in [5.41, 5.74) is 0.807. The van der Waals surface area contributed by atoms with E-state index in [0.29, 0.717) is 36.3 Å². The van der Waals surface area contributed by atoms with Gasteiger partial charge in [0.1, 0.15) is 11.7 Å². The fourth-order valence-corrected chi connectivity index (χ4v) is 5.45. The number of alkyl halides is 1. The third-order valence-electron chi connectivity index (χ3n) is 6.66. The fraction of sp³-hybridized carbons (Fsp3) is 0.522. The van der Waals surface area contributed by atoms with Crippen molar-refractivity contribution in [3.8, 4) is 17.0 Å². The van der Waals surface area contributed by atoms with Crippen LogP contribution in [0.1, 0.15) is 39.7 Å². The largest absolute Gasteiger partial charge is 0.504 e. The Morgan fingerprint density at radius 1 is 1.19 bits per heavy atom. The van der Waals surface area contributed by atoms with Crippen molar-refractivity contribution in [2.75, 3.05) is 11.4 Å². The highest BCUT2D eigenvalue weighted by molar-refractivity contribution is 5.88. The highest BCUT2D eigenvalue weighted by atomic mass is 19.1. The van der Waals surface area contributed by atoms with Gasteiger partial charge >= 0.3 is 0 Å². The summed E-state index contributed by atoms with van der Waals surface area (Å²) >= 11 is 0. The second-order valence-corrected chi connectivity index (χ2v) is 10.3. The van der Waals surface area contributed by atoms with Gasteiger partial charge in [0.15, 0.2) is 17.4 Å². The summed E-state index contributed by atoms with van der Waals surface area (Å²) in [7, 11) is 1.70. The fourth-order valence-electron chi connectivity index (χ4n) is 5.45. The normalized spacial score (nSPS) is 24.2. The first-order valence-electron chi connectivity index (χ1n) is 10.9. The number of piperidine rings is 1. The lowest BCUT2D eigenvalue weighted by molar-refractivity contribution is 0.0555. The SMILES string of the molecule is Cn1cc2cc(-c3cc4c(nn3)N([C@H]3CC(C)(C)NC(C)(C)[C@H]3F)CC4)c(O)c(F)c2n1. The van der Waals surface area contributed by atoms with Gasteiger partial charge in [-0.3, -0.25) is 4.68 Å². The maximum absolute atomic E-state index is 15.5. The average Bonchev–Trinajstić information content (AvgIpc) is 3.29. The van der Waals surface area contributed by atoms with Gasteiger partial charge in [-0.25, -0.2) is 8.78 Å². The minimum atomic E-state index is -1.07. The lowest BCUT2D eigenvalue weighted by Gasteiger charge is -2.51. The zero-order valence-corrected chi connectivity index (χ0v) is 18.9. The smallest absolute Gasteiger partial charge is 0.193 e. The first kappa shape index (κ1) is 21.1. The van der Waals surface area contributed by atoms with Crippen LogP contribution < -0.4 is 10.2 Å². The Kier molecular flexibility index (Phi) is 4.50. The lowest BCUT2D eigenvalue weighted by Crippen LogP contribution is -2.69. The van der Waals surface area contributed by atoms with Gasteiger partial charge in [-0.1, -0.05) is 0 Å². The summed E-state index contributed by atoms with van der Waals surface area (Å²) in [6, 6.07) is 3.17. The molecule has 0 bridgehead atoms. The molecule has 5 rings (SSSR count). The molecule has 7 nitrogen and oxygen atoms in total. The molecule has 2 N–H and O–H groups in total. The third kappa shape index (κ3) is 3.21. The molecular weight excluding hydrogens is 414 g/mol. The van der Waals surface area contributed by atoms with Crippen molar-refractivity contribution in [3.05, 3.63) is 29.7 Å². The molecular formula is C23H28F2N6O. The number of rotatable bonds is 2. The molecule has 1 aromatic carbocycles. The number of phenolic OH excluding ortho intramolecular Hbond substituents is 1. The number of aromatic nitrogens is 4. The number of halogens is 2. The summed E-state index contributed by atoms with van der Waals surface area (Å²) < 4.78 is 31.7. The maximum atomic E-state index is 15.5. The highest BCUT2D eigenvalue weighted by Gasteiger charge is 2.49. The molecule has 2 aromatic heterocycles. The van der Waals surface area contributed by atoms with E-state index in [9.17, 15) is 9.50 Å². The lowest BCUT2D eigenvalue weighted by atomic mass is 9.77. The standard InChI is InChI=1S/C23H28F2N6O/c1-22(2)10-16(20(25)23(3,4)29-22)31-7-6-12-9-15(26-27-21(12)31)14-8-13-11-30(5)28-18(13)17(24)19(14)32/h8-9,11,16,20,29,32H,6-7,10H2,1-5H3/t16-,20-/m0/s1. The van der Waals surface area contributed by atoms with Gasteiger partial charge in [0.05, 0.1) is 11.7 Å². The molecule has 2 atom stereocenters. The molecule has 0 radical (unpaired) electrons. The summed E-state index contributed by atoms with van der Waals surface area (Å²) in [5.74, 6) is -0.607. The van der Waals surface area contributed by atoms with E-state index in [1.54, 1.807) is 19.3 Å². The van der Waals surface area contributed by atoms with E-state index < -0.39 is 23.3 Å². The molecule has 9 heteroatoms. The molecule has 1 saturated heterocycles. The minimum absolute atomic E-state index is 0.110. The topological polar surface area (TPSA) is 79.1 Å². The summed E-state index contributed by atoms with van der Waals surface area (Å²) in [4.78, 5) is 2.02. The van der Waals surface area contributed by atoms with E-state index in [4.69, 9.17) is 0 Å². The third-order valence-corrected chi connectivity index (χ3v) is 6.66. The van der Waals surface area contributed by atoms with E-state index in [0.717, 1.165) is 5.56 Å². The van der Waals surface area contributed by atoms with Crippen LogP contribution in [-0.4, -0.2) is 54.9 Å². The van der Waals surface area contributed by atoms with Gasteiger partial charge in [-0.05, 0) is 52.7 Å². The number of fused-ring (bicyclic) bond motifs is 2. The number of hydrogen-bond donors (Lipinski definition) is 2. The number of nitrogens with zero attached hydrogens (tertiary/aromatic N) is 5. The van der Waals surface area contributed by atoms with Crippen molar-refractivity contribution in [3.63, 3.8) is 0 Å². The predicted octanol–water partition coefficient (Wildman–Crippen LogP) is 3.49. The molecule has 0 amide bonds. The van der Waals surface area contributed by atoms with Crippen LogP contribution in [0.2, 0.25) is 0 Å². The molecule has 0 spiro atoms. The highest BCUT2D eigenvalue weighted by Crippen LogP contribution is 2.40.